The highest BCUT2D eigenvalue weighted by molar-refractivity contribution is 5.32. The molecule has 0 radical (unpaired) electrons. The Hall–Kier alpha value is -1.36. The molecule has 17 heavy (non-hydrogen) atoms. The van der Waals surface area contributed by atoms with E-state index in [2.05, 4.69) is 6.58 Å². The second-order valence-electron chi connectivity index (χ2n) is 3.70. The van der Waals surface area contributed by atoms with Crippen molar-refractivity contribution in [2.45, 2.75) is 25.1 Å². The van der Waals surface area contributed by atoms with Gasteiger partial charge in [-0.3, -0.25) is 0 Å². The summed E-state index contributed by atoms with van der Waals surface area (Å²) in [4.78, 5) is 0. The van der Waals surface area contributed by atoms with E-state index in [1.165, 1.54) is 0 Å². The van der Waals surface area contributed by atoms with Gasteiger partial charge in [0.25, 0.3) is 0 Å². The Labute approximate surface area is 96.9 Å². The van der Waals surface area contributed by atoms with Gasteiger partial charge in [-0.2, -0.15) is 13.2 Å². The molecule has 0 fully saturated rings. The lowest BCUT2D eigenvalue weighted by molar-refractivity contribution is -0.138. The van der Waals surface area contributed by atoms with Crippen molar-refractivity contribution in [2.24, 2.45) is 5.73 Å². The fourth-order valence-corrected chi connectivity index (χ4v) is 1.55. The number of hydrogen-bond acceptors (Lipinski definition) is 1. The van der Waals surface area contributed by atoms with Crippen molar-refractivity contribution in [2.75, 3.05) is 0 Å². The van der Waals surface area contributed by atoms with Crippen LogP contribution in [0.2, 0.25) is 0 Å². The van der Waals surface area contributed by atoms with Crippen LogP contribution in [0.1, 0.15) is 30.0 Å². The Morgan fingerprint density at radius 2 is 2.00 bits per heavy atom. The third-order valence-electron chi connectivity index (χ3n) is 2.40. The van der Waals surface area contributed by atoms with Gasteiger partial charge in [0.05, 0.1) is 5.56 Å². The Kier molecular flexibility index (Phi) is 4.28. The van der Waals surface area contributed by atoms with Crippen molar-refractivity contribution in [1.29, 1.82) is 0 Å². The molecule has 5 heteroatoms. The number of allylic oxidation sites excluding steroid dienone is 1. The van der Waals surface area contributed by atoms with E-state index in [-0.39, 0.29) is 5.56 Å². The van der Waals surface area contributed by atoms with Crippen molar-refractivity contribution >= 4 is 0 Å². The molecular weight excluding hydrogens is 234 g/mol. The molecule has 1 rings (SSSR count). The molecule has 0 aliphatic rings. The molecule has 1 unspecified atom stereocenters. The fourth-order valence-electron chi connectivity index (χ4n) is 1.55. The Morgan fingerprint density at radius 3 is 2.53 bits per heavy atom. The van der Waals surface area contributed by atoms with Crippen LogP contribution in [-0.2, 0) is 6.18 Å². The van der Waals surface area contributed by atoms with Gasteiger partial charge in [-0.1, -0.05) is 6.08 Å². The molecule has 0 bridgehead atoms. The summed E-state index contributed by atoms with van der Waals surface area (Å²) in [5.41, 5.74) is 4.54. The molecule has 0 amide bonds. The van der Waals surface area contributed by atoms with Gasteiger partial charge >= 0.3 is 6.18 Å². The van der Waals surface area contributed by atoms with Gasteiger partial charge in [0.1, 0.15) is 5.82 Å². The average molecular weight is 247 g/mol. The lowest BCUT2D eigenvalue weighted by Crippen LogP contribution is -2.17. The van der Waals surface area contributed by atoms with Crippen LogP contribution < -0.4 is 5.73 Å². The van der Waals surface area contributed by atoms with Crippen molar-refractivity contribution in [3.8, 4) is 0 Å². The number of alkyl halides is 3. The smallest absolute Gasteiger partial charge is 0.324 e. The van der Waals surface area contributed by atoms with E-state index in [0.717, 1.165) is 18.2 Å². The molecule has 0 heterocycles. The van der Waals surface area contributed by atoms with Crippen molar-refractivity contribution in [1.82, 2.24) is 0 Å². The second kappa shape index (κ2) is 5.31. The highest BCUT2D eigenvalue weighted by Crippen LogP contribution is 2.35. The predicted molar refractivity (Wildman–Crippen MR) is 57.8 cm³/mol. The van der Waals surface area contributed by atoms with E-state index in [1.807, 2.05) is 0 Å². The predicted octanol–water partition coefficient (Wildman–Crippen LogP) is 3.81. The van der Waals surface area contributed by atoms with Gasteiger partial charge in [0.2, 0.25) is 0 Å². The number of halogens is 4. The maximum absolute atomic E-state index is 13.0. The molecule has 1 aromatic carbocycles. The number of hydrogen-bond donors (Lipinski definition) is 1. The molecule has 1 atom stereocenters. The topological polar surface area (TPSA) is 26.0 Å². The van der Waals surface area contributed by atoms with Crippen LogP contribution in [-0.4, -0.2) is 0 Å². The summed E-state index contributed by atoms with van der Waals surface area (Å²) in [6.45, 7) is 3.46. The molecule has 94 valence electrons. The van der Waals surface area contributed by atoms with Gasteiger partial charge in [0, 0.05) is 6.04 Å². The minimum absolute atomic E-state index is 0.209. The van der Waals surface area contributed by atoms with E-state index in [1.54, 1.807) is 6.08 Å². The van der Waals surface area contributed by atoms with Crippen molar-refractivity contribution < 1.29 is 17.6 Å². The highest BCUT2D eigenvalue weighted by Gasteiger charge is 2.34. The first-order valence-corrected chi connectivity index (χ1v) is 5.09. The van der Waals surface area contributed by atoms with Gasteiger partial charge < -0.3 is 5.73 Å². The Balaban J connectivity index is 3.11. The number of nitrogens with two attached hydrogens (primary N) is 1. The lowest BCUT2D eigenvalue weighted by Gasteiger charge is -2.17. The summed E-state index contributed by atoms with van der Waals surface area (Å²) in [5, 5.41) is 0. The molecule has 0 saturated heterocycles. The number of rotatable bonds is 4. The highest BCUT2D eigenvalue weighted by atomic mass is 19.4. The molecule has 0 aliphatic carbocycles. The van der Waals surface area contributed by atoms with Crippen LogP contribution in [0.4, 0.5) is 17.6 Å². The quantitative estimate of drug-likeness (QED) is 0.635. The SMILES string of the molecule is C=CCCC(N)c1cc(F)ccc1C(F)(F)F. The zero-order valence-electron chi connectivity index (χ0n) is 9.10. The largest absolute Gasteiger partial charge is 0.416 e. The third kappa shape index (κ3) is 3.56. The van der Waals surface area contributed by atoms with Gasteiger partial charge in [-0.05, 0) is 36.6 Å². The van der Waals surface area contributed by atoms with E-state index >= 15 is 0 Å². The van der Waals surface area contributed by atoms with Gasteiger partial charge in [-0.15, -0.1) is 6.58 Å². The summed E-state index contributed by atoms with van der Waals surface area (Å²) in [6.07, 6.45) is -2.17. The van der Waals surface area contributed by atoms with Gasteiger partial charge in [-0.25, -0.2) is 4.39 Å². The first kappa shape index (κ1) is 13.7. The minimum atomic E-state index is -4.52. The molecule has 2 N–H and O–H groups in total. The lowest BCUT2D eigenvalue weighted by atomic mass is 9.97. The summed E-state index contributed by atoms with van der Waals surface area (Å²) >= 11 is 0. The minimum Gasteiger partial charge on any atom is -0.324 e. The van der Waals surface area contributed by atoms with Crippen molar-refractivity contribution in [3.05, 3.63) is 47.8 Å². The molecular formula is C12H13F4N. The molecule has 0 spiro atoms. The zero-order chi connectivity index (χ0) is 13.1. The van der Waals surface area contributed by atoms with E-state index < -0.39 is 23.6 Å². The van der Waals surface area contributed by atoms with Crippen LogP contribution in [0.15, 0.2) is 30.9 Å². The maximum atomic E-state index is 13.0. The average Bonchev–Trinajstić information content (AvgIpc) is 2.24. The standard InChI is InChI=1S/C12H13F4N/c1-2-3-4-11(17)9-7-8(13)5-6-10(9)12(14,15)16/h2,5-7,11H,1,3-4,17H2. The normalized spacial score (nSPS) is 13.5. The van der Waals surface area contributed by atoms with Crippen LogP contribution in [0, 0.1) is 5.82 Å². The molecule has 1 aromatic rings. The fraction of sp³-hybridized carbons (Fsp3) is 0.333. The first-order valence-electron chi connectivity index (χ1n) is 5.09. The summed E-state index contributed by atoms with van der Waals surface area (Å²) in [7, 11) is 0. The van der Waals surface area contributed by atoms with Crippen LogP contribution in [0.5, 0.6) is 0 Å². The molecule has 0 aromatic heterocycles. The maximum Gasteiger partial charge on any atom is 0.416 e. The van der Waals surface area contributed by atoms with E-state index in [4.69, 9.17) is 5.73 Å². The Bertz CT molecular complexity index is 398. The van der Waals surface area contributed by atoms with Crippen LogP contribution in [0.25, 0.3) is 0 Å². The van der Waals surface area contributed by atoms with Crippen LogP contribution >= 0.6 is 0 Å². The zero-order valence-corrected chi connectivity index (χ0v) is 9.10. The molecule has 1 nitrogen and oxygen atoms in total. The summed E-state index contributed by atoms with van der Waals surface area (Å²) in [6, 6.07) is 1.50. The second-order valence-corrected chi connectivity index (χ2v) is 3.70. The van der Waals surface area contributed by atoms with E-state index in [0.29, 0.717) is 12.8 Å². The molecule has 0 saturated carbocycles. The van der Waals surface area contributed by atoms with Gasteiger partial charge in [0.15, 0.2) is 0 Å². The summed E-state index contributed by atoms with van der Waals surface area (Å²) < 4.78 is 51.0. The third-order valence-corrected chi connectivity index (χ3v) is 2.40. The van der Waals surface area contributed by atoms with E-state index in [9.17, 15) is 17.6 Å². The first-order chi connectivity index (χ1) is 7.86. The molecule has 0 aliphatic heterocycles. The number of benzene rings is 1. The summed E-state index contributed by atoms with van der Waals surface area (Å²) in [5.74, 6) is -0.720. The monoisotopic (exact) mass is 247 g/mol. The van der Waals surface area contributed by atoms with Crippen LogP contribution in [0.3, 0.4) is 0 Å². The van der Waals surface area contributed by atoms with Crippen molar-refractivity contribution in [3.63, 3.8) is 0 Å². The Morgan fingerprint density at radius 1 is 1.35 bits per heavy atom.